The van der Waals surface area contributed by atoms with E-state index in [1.165, 1.54) is 11.3 Å². The Labute approximate surface area is 110 Å². The molecule has 7 heteroatoms. The van der Waals surface area contributed by atoms with Crippen molar-refractivity contribution in [2.75, 3.05) is 32.9 Å². The first-order valence-electron chi connectivity index (χ1n) is 5.82. The molecule has 0 aromatic carbocycles. The van der Waals surface area contributed by atoms with Crippen LogP contribution < -0.4 is 5.73 Å². The molecule has 0 radical (unpaired) electrons. The highest BCUT2D eigenvalue weighted by atomic mass is 32.1. The molecule has 18 heavy (non-hydrogen) atoms. The van der Waals surface area contributed by atoms with Gasteiger partial charge in [0.2, 0.25) is 0 Å². The highest BCUT2D eigenvalue weighted by molar-refractivity contribution is 7.13. The lowest BCUT2D eigenvalue weighted by Crippen LogP contribution is -2.41. The molecule has 0 bridgehead atoms. The number of β-amino-alcohol motifs (C(OH)–C–C–N with tert-alkyl or cyclic N) is 1. The number of nitrogen functional groups attached to an aromatic ring is 1. The summed E-state index contributed by atoms with van der Waals surface area (Å²) in [6.45, 7) is 1.11. The maximum absolute atomic E-state index is 12.3. The van der Waals surface area contributed by atoms with Crippen LogP contribution in [-0.4, -0.2) is 65.1 Å². The van der Waals surface area contributed by atoms with Gasteiger partial charge in [-0.15, -0.1) is 11.3 Å². The first-order chi connectivity index (χ1) is 8.47. The second kappa shape index (κ2) is 5.21. The number of aromatic nitrogens is 1. The highest BCUT2D eigenvalue weighted by Gasteiger charge is 2.35. The zero-order valence-electron chi connectivity index (χ0n) is 10.5. The molecule has 6 nitrogen and oxygen atoms in total. The third kappa shape index (κ3) is 2.80. The van der Waals surface area contributed by atoms with E-state index in [9.17, 15) is 9.90 Å². The number of anilines is 1. The Hall–Kier alpha value is -1.18. The van der Waals surface area contributed by atoms with E-state index in [1.54, 1.807) is 10.3 Å². The van der Waals surface area contributed by atoms with Gasteiger partial charge < -0.3 is 20.6 Å². The summed E-state index contributed by atoms with van der Waals surface area (Å²) in [6.07, 6.45) is 0.165. The van der Waals surface area contributed by atoms with Crippen LogP contribution in [0.4, 0.5) is 5.13 Å². The molecule has 2 atom stereocenters. The van der Waals surface area contributed by atoms with Crippen LogP contribution in [0.15, 0.2) is 5.38 Å². The van der Waals surface area contributed by atoms with Crippen molar-refractivity contribution in [3.63, 3.8) is 0 Å². The topological polar surface area (TPSA) is 82.7 Å². The van der Waals surface area contributed by atoms with Gasteiger partial charge in [0.25, 0.3) is 5.91 Å². The fraction of sp³-hybridized carbons (Fsp3) is 0.636. The lowest BCUT2D eigenvalue weighted by molar-refractivity contribution is 0.0694. The standard InChI is InChI=1S/C11H18N4O2S/c1-14(2)4-7-3-8(16)5-15(7)10(17)9-6-18-11(12)13-9/h6-8,16H,3-5H2,1-2H3,(H2,12,13). The fourth-order valence-corrected chi connectivity index (χ4v) is 2.81. The maximum Gasteiger partial charge on any atom is 0.273 e. The molecule has 2 rings (SSSR count). The van der Waals surface area contributed by atoms with Crippen molar-refractivity contribution < 1.29 is 9.90 Å². The van der Waals surface area contributed by atoms with Gasteiger partial charge in [0.05, 0.1) is 6.10 Å². The Morgan fingerprint density at radius 2 is 2.44 bits per heavy atom. The van der Waals surface area contributed by atoms with E-state index in [-0.39, 0.29) is 11.9 Å². The summed E-state index contributed by atoms with van der Waals surface area (Å²) in [5.41, 5.74) is 5.91. The van der Waals surface area contributed by atoms with Crippen molar-refractivity contribution in [1.82, 2.24) is 14.8 Å². The van der Waals surface area contributed by atoms with Gasteiger partial charge in [-0.3, -0.25) is 4.79 Å². The third-order valence-corrected chi connectivity index (χ3v) is 3.64. The number of rotatable bonds is 3. The van der Waals surface area contributed by atoms with Crippen LogP contribution in [0, 0.1) is 0 Å². The number of hydrogen-bond acceptors (Lipinski definition) is 6. The number of hydrogen-bond donors (Lipinski definition) is 2. The molecule has 2 unspecified atom stereocenters. The average Bonchev–Trinajstić information content (AvgIpc) is 2.83. The van der Waals surface area contributed by atoms with Crippen molar-refractivity contribution >= 4 is 22.4 Å². The van der Waals surface area contributed by atoms with Crippen molar-refractivity contribution in [2.24, 2.45) is 0 Å². The molecule has 1 amide bonds. The molecule has 0 aliphatic carbocycles. The lowest BCUT2D eigenvalue weighted by Gasteiger charge is -2.26. The van der Waals surface area contributed by atoms with Crippen LogP contribution in [0.2, 0.25) is 0 Å². The summed E-state index contributed by atoms with van der Waals surface area (Å²) in [5, 5.41) is 11.8. The molecular formula is C11H18N4O2S. The van der Waals surface area contributed by atoms with Gasteiger partial charge in [-0.25, -0.2) is 4.98 Å². The Bertz CT molecular complexity index is 434. The Morgan fingerprint density at radius 3 is 3.00 bits per heavy atom. The molecular weight excluding hydrogens is 252 g/mol. The van der Waals surface area contributed by atoms with E-state index < -0.39 is 6.10 Å². The van der Waals surface area contributed by atoms with E-state index in [0.717, 1.165) is 6.54 Å². The van der Waals surface area contributed by atoms with Crippen LogP contribution in [0.3, 0.4) is 0 Å². The van der Waals surface area contributed by atoms with Crippen LogP contribution in [0.1, 0.15) is 16.9 Å². The number of thiazole rings is 1. The third-order valence-electron chi connectivity index (χ3n) is 2.97. The first kappa shape index (κ1) is 13.3. The molecule has 0 spiro atoms. The molecule has 0 saturated carbocycles. The minimum atomic E-state index is -0.449. The molecule has 1 aliphatic heterocycles. The van der Waals surface area contributed by atoms with Crippen LogP contribution >= 0.6 is 11.3 Å². The molecule has 1 saturated heterocycles. The number of aliphatic hydroxyl groups excluding tert-OH is 1. The van der Waals surface area contributed by atoms with Crippen LogP contribution in [0.5, 0.6) is 0 Å². The number of carbonyl (C=O) groups is 1. The lowest BCUT2D eigenvalue weighted by atomic mass is 10.2. The first-order valence-corrected chi connectivity index (χ1v) is 6.70. The summed E-state index contributed by atoms with van der Waals surface area (Å²) in [4.78, 5) is 20.0. The summed E-state index contributed by atoms with van der Waals surface area (Å²) < 4.78 is 0. The number of nitrogens with zero attached hydrogens (tertiary/aromatic N) is 3. The number of carbonyl (C=O) groups excluding carboxylic acids is 1. The van der Waals surface area contributed by atoms with E-state index in [0.29, 0.717) is 23.8 Å². The number of nitrogens with two attached hydrogens (primary N) is 1. The normalized spacial score (nSPS) is 23.9. The van der Waals surface area contributed by atoms with Crippen molar-refractivity contribution in [1.29, 1.82) is 0 Å². The second-order valence-electron chi connectivity index (χ2n) is 4.83. The Balaban J connectivity index is 2.12. The smallest absolute Gasteiger partial charge is 0.273 e. The van der Waals surface area contributed by atoms with Gasteiger partial charge in [0, 0.05) is 24.5 Å². The largest absolute Gasteiger partial charge is 0.391 e. The SMILES string of the molecule is CN(C)CC1CC(O)CN1C(=O)c1csc(N)n1. The van der Waals surface area contributed by atoms with Crippen molar-refractivity contribution in [3.8, 4) is 0 Å². The molecule has 1 aliphatic rings. The quantitative estimate of drug-likeness (QED) is 0.799. The zero-order chi connectivity index (χ0) is 13.3. The predicted molar refractivity (Wildman–Crippen MR) is 70.5 cm³/mol. The monoisotopic (exact) mass is 270 g/mol. The minimum Gasteiger partial charge on any atom is -0.391 e. The number of aliphatic hydroxyl groups is 1. The number of likely N-dealkylation sites (N-methyl/N-ethyl adjacent to an activating group) is 1. The molecule has 100 valence electrons. The van der Waals surface area contributed by atoms with Gasteiger partial charge in [-0.05, 0) is 20.5 Å². The number of amides is 1. The molecule has 2 heterocycles. The molecule has 1 aromatic rings. The van der Waals surface area contributed by atoms with Crippen LogP contribution in [-0.2, 0) is 0 Å². The summed E-state index contributed by atoms with van der Waals surface area (Å²) in [7, 11) is 3.91. The summed E-state index contributed by atoms with van der Waals surface area (Å²) in [5.74, 6) is -0.147. The summed E-state index contributed by atoms with van der Waals surface area (Å²) in [6, 6.07) is 0.0328. The van der Waals surface area contributed by atoms with Crippen molar-refractivity contribution in [3.05, 3.63) is 11.1 Å². The molecule has 1 fully saturated rings. The van der Waals surface area contributed by atoms with Crippen molar-refractivity contribution in [2.45, 2.75) is 18.6 Å². The van der Waals surface area contributed by atoms with E-state index in [2.05, 4.69) is 4.98 Å². The predicted octanol–water partition coefficient (Wildman–Crippen LogP) is -0.138. The van der Waals surface area contributed by atoms with Gasteiger partial charge >= 0.3 is 0 Å². The second-order valence-corrected chi connectivity index (χ2v) is 5.72. The number of likely N-dealkylation sites (tertiary alicyclic amines) is 1. The average molecular weight is 270 g/mol. The molecule has 3 N–H and O–H groups in total. The van der Waals surface area contributed by atoms with Gasteiger partial charge in [-0.2, -0.15) is 0 Å². The van der Waals surface area contributed by atoms with Gasteiger partial charge in [0.15, 0.2) is 5.13 Å². The van der Waals surface area contributed by atoms with Crippen LogP contribution in [0.25, 0.3) is 0 Å². The van der Waals surface area contributed by atoms with Gasteiger partial charge in [0.1, 0.15) is 5.69 Å². The zero-order valence-corrected chi connectivity index (χ0v) is 11.4. The minimum absolute atomic E-state index is 0.0328. The Morgan fingerprint density at radius 1 is 1.72 bits per heavy atom. The Kier molecular flexibility index (Phi) is 3.84. The fourth-order valence-electron chi connectivity index (χ4n) is 2.27. The van der Waals surface area contributed by atoms with E-state index in [1.807, 2.05) is 19.0 Å². The van der Waals surface area contributed by atoms with E-state index in [4.69, 9.17) is 5.73 Å². The maximum atomic E-state index is 12.3. The van der Waals surface area contributed by atoms with Gasteiger partial charge in [-0.1, -0.05) is 0 Å². The van der Waals surface area contributed by atoms with E-state index >= 15 is 0 Å². The molecule has 1 aromatic heterocycles. The highest BCUT2D eigenvalue weighted by Crippen LogP contribution is 2.22. The summed E-state index contributed by atoms with van der Waals surface area (Å²) >= 11 is 1.25.